The van der Waals surface area contributed by atoms with Crippen LogP contribution in [0.15, 0.2) is 48.5 Å². The van der Waals surface area contributed by atoms with E-state index in [2.05, 4.69) is 23.5 Å². The van der Waals surface area contributed by atoms with Crippen LogP contribution >= 0.6 is 0 Å². The van der Waals surface area contributed by atoms with E-state index in [1.54, 1.807) is 0 Å². The highest BCUT2D eigenvalue weighted by molar-refractivity contribution is 5.97. The Kier molecular flexibility index (Phi) is 4.94. The average Bonchev–Trinajstić information content (AvgIpc) is 3.25. The molecule has 0 amide bonds. The Balaban J connectivity index is 1.39. The molecule has 2 aliphatic heterocycles. The summed E-state index contributed by atoms with van der Waals surface area (Å²) in [5.74, 6) is 1.51. The zero-order chi connectivity index (χ0) is 18.9. The first-order valence-corrected chi connectivity index (χ1v) is 10.9. The molecule has 0 radical (unpaired) electrons. The second kappa shape index (κ2) is 7.71. The second-order valence-corrected chi connectivity index (χ2v) is 8.70. The maximum Gasteiger partial charge on any atom is 0.167 e. The van der Waals surface area contributed by atoms with Crippen molar-refractivity contribution in [2.75, 3.05) is 11.9 Å². The van der Waals surface area contributed by atoms with Crippen molar-refractivity contribution in [3.05, 3.63) is 65.2 Å². The Hall–Kier alpha value is -2.13. The molecule has 2 heterocycles. The van der Waals surface area contributed by atoms with E-state index >= 15 is 0 Å². The van der Waals surface area contributed by atoms with Gasteiger partial charge in [-0.2, -0.15) is 0 Å². The molecule has 3 heteroatoms. The molecule has 3 atom stereocenters. The van der Waals surface area contributed by atoms with Crippen LogP contribution in [-0.2, 0) is 11.2 Å². The van der Waals surface area contributed by atoms with Crippen LogP contribution in [0.2, 0.25) is 0 Å². The first kappa shape index (κ1) is 17.9. The lowest BCUT2D eigenvalue weighted by Crippen LogP contribution is -2.42. The highest BCUT2D eigenvalue weighted by atomic mass is 16.5. The number of hydrogen-bond acceptors (Lipinski definition) is 3. The van der Waals surface area contributed by atoms with Crippen molar-refractivity contribution in [1.82, 2.24) is 0 Å². The Labute approximate surface area is 167 Å². The van der Waals surface area contributed by atoms with Crippen LogP contribution in [0.1, 0.15) is 66.1 Å². The maximum absolute atomic E-state index is 12.6. The fourth-order valence-corrected chi connectivity index (χ4v) is 5.54. The molecule has 0 bridgehead atoms. The molecule has 2 fully saturated rings. The summed E-state index contributed by atoms with van der Waals surface area (Å²) in [7, 11) is 0. The zero-order valence-electron chi connectivity index (χ0n) is 16.4. The van der Waals surface area contributed by atoms with E-state index in [-0.39, 0.29) is 11.9 Å². The summed E-state index contributed by atoms with van der Waals surface area (Å²) in [5, 5.41) is 3.89. The Morgan fingerprint density at radius 2 is 1.82 bits per heavy atom. The molecule has 2 aromatic carbocycles. The van der Waals surface area contributed by atoms with Crippen LogP contribution in [0.5, 0.6) is 0 Å². The standard InChI is InChI=1S/C25H29NO2/c27-23(18-7-3-1-4-8-18)16-17-11-12-22-21(15-17)25-20(13-14-28-25)24(26-22)19-9-5-2-6-10-19/h1,3-4,7-8,11-12,15,19-20,24-26H,2,5-6,9-10,13-14,16H2/t20-,24+,25-/m0/s1. The summed E-state index contributed by atoms with van der Waals surface area (Å²) >= 11 is 0. The molecule has 28 heavy (non-hydrogen) atoms. The van der Waals surface area contributed by atoms with E-state index in [4.69, 9.17) is 4.74 Å². The van der Waals surface area contributed by atoms with Gasteiger partial charge in [-0.3, -0.25) is 4.79 Å². The minimum absolute atomic E-state index is 0.174. The number of carbonyl (C=O) groups excluding carboxylic acids is 1. The largest absolute Gasteiger partial charge is 0.381 e. The van der Waals surface area contributed by atoms with Crippen molar-refractivity contribution in [3.8, 4) is 0 Å². The summed E-state index contributed by atoms with van der Waals surface area (Å²) in [6, 6.07) is 16.6. The Bertz CT molecular complexity index is 841. The van der Waals surface area contributed by atoms with E-state index < -0.39 is 0 Å². The monoisotopic (exact) mass is 375 g/mol. The van der Waals surface area contributed by atoms with Gasteiger partial charge in [0.1, 0.15) is 0 Å². The highest BCUT2D eigenvalue weighted by Crippen LogP contribution is 2.48. The predicted molar refractivity (Wildman–Crippen MR) is 112 cm³/mol. The zero-order valence-corrected chi connectivity index (χ0v) is 16.4. The summed E-state index contributed by atoms with van der Waals surface area (Å²) in [5.41, 5.74) is 4.34. The molecule has 0 aromatic heterocycles. The number of hydrogen-bond donors (Lipinski definition) is 1. The molecule has 3 nitrogen and oxygen atoms in total. The number of fused-ring (bicyclic) bond motifs is 3. The quantitative estimate of drug-likeness (QED) is 0.711. The van der Waals surface area contributed by atoms with E-state index in [0.29, 0.717) is 18.4 Å². The molecule has 1 aliphatic carbocycles. The fourth-order valence-electron chi connectivity index (χ4n) is 5.54. The first-order chi connectivity index (χ1) is 13.8. The summed E-state index contributed by atoms with van der Waals surface area (Å²) < 4.78 is 6.22. The topological polar surface area (TPSA) is 38.3 Å². The number of rotatable bonds is 4. The Morgan fingerprint density at radius 1 is 1.00 bits per heavy atom. The van der Waals surface area contributed by atoms with Crippen LogP contribution < -0.4 is 5.32 Å². The van der Waals surface area contributed by atoms with Crippen molar-refractivity contribution in [2.45, 2.75) is 57.1 Å². The van der Waals surface area contributed by atoms with E-state index in [1.807, 2.05) is 30.3 Å². The van der Waals surface area contributed by atoms with Gasteiger partial charge in [0.15, 0.2) is 5.78 Å². The summed E-state index contributed by atoms with van der Waals surface area (Å²) in [6.45, 7) is 0.854. The van der Waals surface area contributed by atoms with E-state index in [1.165, 1.54) is 43.4 Å². The molecule has 0 unspecified atom stereocenters. The van der Waals surface area contributed by atoms with Gasteiger partial charge in [-0.15, -0.1) is 0 Å². The van der Waals surface area contributed by atoms with E-state index in [9.17, 15) is 4.79 Å². The third-order valence-electron chi connectivity index (χ3n) is 6.96. The molecule has 146 valence electrons. The molecule has 1 saturated carbocycles. The molecule has 2 aromatic rings. The van der Waals surface area contributed by atoms with Gasteiger partial charge >= 0.3 is 0 Å². The third kappa shape index (κ3) is 3.37. The lowest BCUT2D eigenvalue weighted by molar-refractivity contribution is 0.0731. The van der Waals surface area contributed by atoms with Gasteiger partial charge in [-0.05, 0) is 36.8 Å². The molecule has 1 saturated heterocycles. The number of ketones is 1. The lowest BCUT2D eigenvalue weighted by Gasteiger charge is -2.42. The van der Waals surface area contributed by atoms with Gasteiger partial charge in [-0.25, -0.2) is 0 Å². The van der Waals surface area contributed by atoms with Crippen LogP contribution in [0.25, 0.3) is 0 Å². The molecule has 3 aliphatic rings. The molecule has 0 spiro atoms. The lowest BCUT2D eigenvalue weighted by atomic mass is 9.73. The van der Waals surface area contributed by atoms with Crippen LogP contribution in [-0.4, -0.2) is 18.4 Å². The number of carbonyl (C=O) groups is 1. The second-order valence-electron chi connectivity index (χ2n) is 8.70. The number of ether oxygens (including phenoxy) is 1. The van der Waals surface area contributed by atoms with Crippen LogP contribution in [0.3, 0.4) is 0 Å². The van der Waals surface area contributed by atoms with Gasteiger partial charge in [-0.1, -0.05) is 61.7 Å². The smallest absolute Gasteiger partial charge is 0.167 e. The van der Waals surface area contributed by atoms with Crippen molar-refractivity contribution in [2.24, 2.45) is 11.8 Å². The van der Waals surface area contributed by atoms with Gasteiger partial charge in [0.25, 0.3) is 0 Å². The van der Waals surface area contributed by atoms with Gasteiger partial charge in [0.05, 0.1) is 6.10 Å². The van der Waals surface area contributed by atoms with Crippen molar-refractivity contribution >= 4 is 11.5 Å². The molecular formula is C25H29NO2. The SMILES string of the molecule is O=C(Cc1ccc2c(c1)[C@H]1OCC[C@H]1[C@@H](C1CCCCC1)N2)c1ccccc1. The third-order valence-corrected chi connectivity index (χ3v) is 6.96. The van der Waals surface area contributed by atoms with E-state index in [0.717, 1.165) is 30.1 Å². The summed E-state index contributed by atoms with van der Waals surface area (Å²) in [6.07, 6.45) is 8.60. The number of anilines is 1. The average molecular weight is 376 g/mol. The number of benzene rings is 2. The fraction of sp³-hybridized carbons (Fsp3) is 0.480. The Morgan fingerprint density at radius 3 is 2.64 bits per heavy atom. The van der Waals surface area contributed by atoms with Crippen molar-refractivity contribution in [1.29, 1.82) is 0 Å². The number of nitrogens with one attached hydrogen (secondary N) is 1. The minimum atomic E-state index is 0.174. The first-order valence-electron chi connectivity index (χ1n) is 10.9. The van der Waals surface area contributed by atoms with Crippen molar-refractivity contribution in [3.63, 3.8) is 0 Å². The van der Waals surface area contributed by atoms with Crippen LogP contribution in [0, 0.1) is 11.8 Å². The normalized spacial score (nSPS) is 26.9. The maximum atomic E-state index is 12.6. The molecule has 5 rings (SSSR count). The summed E-state index contributed by atoms with van der Waals surface area (Å²) in [4.78, 5) is 12.6. The molecule has 1 N–H and O–H groups in total. The van der Waals surface area contributed by atoms with Gasteiger partial charge in [0.2, 0.25) is 0 Å². The highest BCUT2D eigenvalue weighted by Gasteiger charge is 2.43. The minimum Gasteiger partial charge on any atom is -0.381 e. The van der Waals surface area contributed by atoms with Crippen LogP contribution in [0.4, 0.5) is 5.69 Å². The predicted octanol–water partition coefficient (Wildman–Crippen LogP) is 5.56. The van der Waals surface area contributed by atoms with Gasteiger partial charge in [0, 0.05) is 41.8 Å². The van der Waals surface area contributed by atoms with Gasteiger partial charge < -0.3 is 10.1 Å². The van der Waals surface area contributed by atoms with Crippen molar-refractivity contribution < 1.29 is 9.53 Å². The molecular weight excluding hydrogens is 346 g/mol. The number of Topliss-reactive ketones (excluding diaryl/α,β-unsaturated/α-hetero) is 1.